The molecule has 2 aliphatic carbocycles. The summed E-state index contributed by atoms with van der Waals surface area (Å²) in [6, 6.07) is 6.45. The molecular formula is C13H13BrO. The zero-order valence-electron chi connectivity index (χ0n) is 8.72. The Bertz CT molecular complexity index is 452. The van der Waals surface area contributed by atoms with Crippen LogP contribution in [0.2, 0.25) is 0 Å². The lowest BCUT2D eigenvalue weighted by molar-refractivity contribution is -0.125. The summed E-state index contributed by atoms with van der Waals surface area (Å²) in [4.78, 5) is 11.9. The maximum absolute atomic E-state index is 11.9. The molecule has 1 saturated carbocycles. The highest BCUT2D eigenvalue weighted by molar-refractivity contribution is 9.10. The highest BCUT2D eigenvalue weighted by Crippen LogP contribution is 2.55. The van der Waals surface area contributed by atoms with Gasteiger partial charge in [0.25, 0.3) is 0 Å². The smallest absolute Gasteiger partial charge is 0.139 e. The van der Waals surface area contributed by atoms with Crippen LogP contribution in [0.25, 0.3) is 0 Å². The summed E-state index contributed by atoms with van der Waals surface area (Å²) < 4.78 is 1.12. The number of carbonyl (C=O) groups excluding carboxylic acids is 1. The summed E-state index contributed by atoms with van der Waals surface area (Å²) in [6.45, 7) is 2.14. The van der Waals surface area contributed by atoms with E-state index < -0.39 is 0 Å². The number of fused-ring (bicyclic) bond motifs is 3. The van der Waals surface area contributed by atoms with Crippen LogP contribution in [0.15, 0.2) is 22.7 Å². The van der Waals surface area contributed by atoms with Gasteiger partial charge in [-0.1, -0.05) is 28.9 Å². The molecular weight excluding hydrogens is 252 g/mol. The molecule has 1 aromatic carbocycles. The Morgan fingerprint density at radius 3 is 3.07 bits per heavy atom. The van der Waals surface area contributed by atoms with Crippen LogP contribution in [0, 0.1) is 5.41 Å². The molecule has 0 N–H and O–H groups in total. The van der Waals surface area contributed by atoms with E-state index in [9.17, 15) is 4.79 Å². The van der Waals surface area contributed by atoms with Crippen molar-refractivity contribution in [1.29, 1.82) is 0 Å². The van der Waals surface area contributed by atoms with E-state index in [1.54, 1.807) is 0 Å². The molecule has 0 unspecified atom stereocenters. The van der Waals surface area contributed by atoms with E-state index in [0.29, 0.717) is 11.7 Å². The van der Waals surface area contributed by atoms with Gasteiger partial charge >= 0.3 is 0 Å². The second-order valence-electron chi connectivity index (χ2n) is 4.95. The molecule has 0 amide bonds. The van der Waals surface area contributed by atoms with E-state index in [2.05, 4.69) is 41.1 Å². The largest absolute Gasteiger partial charge is 0.299 e. The molecule has 0 heterocycles. The van der Waals surface area contributed by atoms with Gasteiger partial charge in [-0.2, -0.15) is 0 Å². The summed E-state index contributed by atoms with van der Waals surface area (Å²) in [5.41, 5.74) is 2.68. The maximum Gasteiger partial charge on any atom is 0.139 e. The van der Waals surface area contributed by atoms with Crippen LogP contribution in [0.5, 0.6) is 0 Å². The first-order valence-corrected chi connectivity index (χ1v) is 6.22. The van der Waals surface area contributed by atoms with Crippen LogP contribution in [0.3, 0.4) is 0 Å². The molecule has 2 aliphatic rings. The highest BCUT2D eigenvalue weighted by Gasteiger charge is 2.51. The minimum absolute atomic E-state index is 0.0941. The summed E-state index contributed by atoms with van der Waals surface area (Å²) in [7, 11) is 0. The first-order chi connectivity index (χ1) is 7.11. The van der Waals surface area contributed by atoms with Gasteiger partial charge in [-0.3, -0.25) is 4.79 Å². The first-order valence-electron chi connectivity index (χ1n) is 5.43. The zero-order chi connectivity index (χ0) is 10.6. The summed E-state index contributed by atoms with van der Waals surface area (Å²) in [5.74, 6) is 0.938. The SMILES string of the molecule is C[C@]12Cc3cc(Br)ccc3[C@H]1CCC2=O. The molecule has 0 radical (unpaired) electrons. The van der Waals surface area contributed by atoms with E-state index in [1.807, 2.05) is 0 Å². The van der Waals surface area contributed by atoms with Gasteiger partial charge in [0.05, 0.1) is 0 Å². The highest BCUT2D eigenvalue weighted by atomic mass is 79.9. The number of carbonyl (C=O) groups is 1. The Balaban J connectivity index is 2.14. The van der Waals surface area contributed by atoms with Crippen LogP contribution in [-0.4, -0.2) is 5.78 Å². The summed E-state index contributed by atoms with van der Waals surface area (Å²) in [6.07, 6.45) is 2.76. The molecule has 0 aliphatic heterocycles. The van der Waals surface area contributed by atoms with Gasteiger partial charge in [0.2, 0.25) is 0 Å². The van der Waals surface area contributed by atoms with Crippen molar-refractivity contribution in [2.45, 2.75) is 32.1 Å². The Morgan fingerprint density at radius 2 is 2.27 bits per heavy atom. The molecule has 0 saturated heterocycles. The van der Waals surface area contributed by atoms with Gasteiger partial charge in [0, 0.05) is 16.3 Å². The second kappa shape index (κ2) is 2.94. The lowest BCUT2D eigenvalue weighted by Gasteiger charge is -2.21. The second-order valence-corrected chi connectivity index (χ2v) is 5.87. The molecule has 15 heavy (non-hydrogen) atoms. The maximum atomic E-state index is 11.9. The van der Waals surface area contributed by atoms with Crippen LogP contribution in [0.1, 0.15) is 36.8 Å². The molecule has 3 rings (SSSR count). The van der Waals surface area contributed by atoms with E-state index in [-0.39, 0.29) is 5.41 Å². The molecule has 2 heteroatoms. The van der Waals surface area contributed by atoms with Crippen molar-refractivity contribution in [2.24, 2.45) is 5.41 Å². The quantitative estimate of drug-likeness (QED) is 0.702. The minimum Gasteiger partial charge on any atom is -0.299 e. The van der Waals surface area contributed by atoms with E-state index in [4.69, 9.17) is 0 Å². The van der Waals surface area contributed by atoms with Gasteiger partial charge in [-0.15, -0.1) is 0 Å². The minimum atomic E-state index is -0.0941. The van der Waals surface area contributed by atoms with Crippen molar-refractivity contribution in [2.75, 3.05) is 0 Å². The fourth-order valence-corrected chi connectivity index (χ4v) is 3.67. The fourth-order valence-electron chi connectivity index (χ4n) is 3.26. The molecule has 0 bridgehead atoms. The van der Waals surface area contributed by atoms with Crippen molar-refractivity contribution >= 4 is 21.7 Å². The van der Waals surface area contributed by atoms with Crippen molar-refractivity contribution in [3.63, 3.8) is 0 Å². The lowest BCUT2D eigenvalue weighted by atomic mass is 9.80. The van der Waals surface area contributed by atoms with Crippen molar-refractivity contribution in [3.05, 3.63) is 33.8 Å². The molecule has 2 atom stereocenters. The first kappa shape index (κ1) is 9.59. The topological polar surface area (TPSA) is 17.1 Å². The third-order valence-corrected chi connectivity index (χ3v) is 4.60. The fraction of sp³-hybridized carbons (Fsp3) is 0.462. The van der Waals surface area contributed by atoms with Gasteiger partial charge in [-0.05, 0) is 42.0 Å². The predicted octanol–water partition coefficient (Wildman–Crippen LogP) is 3.46. The Morgan fingerprint density at radius 1 is 1.47 bits per heavy atom. The van der Waals surface area contributed by atoms with Crippen molar-refractivity contribution in [1.82, 2.24) is 0 Å². The van der Waals surface area contributed by atoms with Crippen LogP contribution >= 0.6 is 15.9 Å². The molecule has 78 valence electrons. The van der Waals surface area contributed by atoms with Crippen LogP contribution in [0.4, 0.5) is 0 Å². The lowest BCUT2D eigenvalue weighted by Crippen LogP contribution is -2.24. The average Bonchev–Trinajstić information content (AvgIpc) is 2.60. The monoisotopic (exact) mass is 264 g/mol. The predicted molar refractivity (Wildman–Crippen MR) is 62.9 cm³/mol. The normalized spacial score (nSPS) is 32.9. The Kier molecular flexibility index (Phi) is 1.88. The number of Topliss-reactive ketones (excluding diaryl/α,β-unsaturated/α-hetero) is 1. The van der Waals surface area contributed by atoms with E-state index in [1.165, 1.54) is 11.1 Å². The Labute approximate surface area is 98.0 Å². The Hall–Kier alpha value is -0.630. The standard InChI is InChI=1S/C13H13BrO/c1-13-7-8-6-9(14)2-3-10(8)11(13)4-5-12(13)15/h2-3,6,11H,4-5,7H2,1H3/t11-,13+/m1/s1. The molecule has 1 fully saturated rings. The molecule has 0 spiro atoms. The van der Waals surface area contributed by atoms with E-state index in [0.717, 1.165) is 23.7 Å². The van der Waals surface area contributed by atoms with E-state index >= 15 is 0 Å². The number of hydrogen-bond acceptors (Lipinski definition) is 1. The third-order valence-electron chi connectivity index (χ3n) is 4.10. The van der Waals surface area contributed by atoms with Crippen LogP contribution < -0.4 is 0 Å². The summed E-state index contributed by atoms with van der Waals surface area (Å²) >= 11 is 3.49. The molecule has 0 aromatic heterocycles. The number of ketones is 1. The molecule has 1 aromatic rings. The zero-order valence-corrected chi connectivity index (χ0v) is 10.3. The van der Waals surface area contributed by atoms with Crippen molar-refractivity contribution < 1.29 is 4.79 Å². The van der Waals surface area contributed by atoms with Gasteiger partial charge in [0.15, 0.2) is 0 Å². The number of benzene rings is 1. The average molecular weight is 265 g/mol. The third kappa shape index (κ3) is 1.17. The number of hydrogen-bond donors (Lipinski definition) is 0. The van der Waals surface area contributed by atoms with Gasteiger partial charge < -0.3 is 0 Å². The van der Waals surface area contributed by atoms with Crippen LogP contribution in [-0.2, 0) is 11.2 Å². The van der Waals surface area contributed by atoms with Gasteiger partial charge in [0.1, 0.15) is 5.78 Å². The number of rotatable bonds is 0. The van der Waals surface area contributed by atoms with Gasteiger partial charge in [-0.25, -0.2) is 0 Å². The summed E-state index contributed by atoms with van der Waals surface area (Å²) in [5, 5.41) is 0. The molecule has 1 nitrogen and oxygen atoms in total. The number of halogens is 1. The van der Waals surface area contributed by atoms with Crippen molar-refractivity contribution in [3.8, 4) is 0 Å².